The van der Waals surface area contributed by atoms with Crippen LogP contribution in [0.2, 0.25) is 0 Å². The van der Waals surface area contributed by atoms with Crippen LogP contribution in [0.5, 0.6) is 0 Å². The Hall–Kier alpha value is 0.410. The van der Waals surface area contributed by atoms with Gasteiger partial charge in [-0.1, -0.05) is 51.4 Å². The number of alkyl halides is 2. The molecule has 0 heterocycles. The minimum absolute atomic E-state index is 0.330. The Balaban J connectivity index is 1.80. The van der Waals surface area contributed by atoms with Crippen LogP contribution in [0.3, 0.4) is 0 Å². The first-order valence-corrected chi connectivity index (χ1v) is 7.40. The number of hydrogen-bond acceptors (Lipinski definition) is 0. The third kappa shape index (κ3) is 2.95. The highest BCUT2D eigenvalue weighted by atomic mass is 79.9. The molecule has 2 heteroatoms. The lowest BCUT2D eigenvalue weighted by Crippen LogP contribution is -1.92. The molecular formula is C13H22BrF. The highest BCUT2D eigenvalue weighted by molar-refractivity contribution is 9.10. The maximum absolute atomic E-state index is 13.9. The van der Waals surface area contributed by atoms with Crippen LogP contribution in [0.15, 0.2) is 0 Å². The maximum atomic E-state index is 13.9. The molecular weight excluding hydrogens is 255 g/mol. The number of hydrogen-bond donors (Lipinski definition) is 0. The predicted octanol–water partition coefficient (Wildman–Crippen LogP) is 5.21. The van der Waals surface area contributed by atoms with Crippen molar-refractivity contribution in [3.05, 3.63) is 0 Å². The molecule has 0 aromatic heterocycles. The van der Waals surface area contributed by atoms with Gasteiger partial charge in [-0.25, -0.2) is 4.39 Å². The molecule has 0 radical (unpaired) electrons. The molecule has 2 rings (SSSR count). The molecule has 2 aliphatic rings. The van der Waals surface area contributed by atoms with Crippen molar-refractivity contribution in [2.24, 2.45) is 11.8 Å². The summed E-state index contributed by atoms with van der Waals surface area (Å²) in [6.07, 6.45) is 12.8. The predicted molar refractivity (Wildman–Crippen MR) is 65.9 cm³/mol. The molecule has 15 heavy (non-hydrogen) atoms. The van der Waals surface area contributed by atoms with Gasteiger partial charge in [0, 0.05) is 11.8 Å². The van der Waals surface area contributed by atoms with Crippen molar-refractivity contribution in [1.29, 1.82) is 0 Å². The van der Waals surface area contributed by atoms with Gasteiger partial charge < -0.3 is 0 Å². The second-order valence-electron chi connectivity index (χ2n) is 5.29. The Labute approximate surface area is 101 Å². The molecule has 0 spiro atoms. The Bertz CT molecular complexity index is 183. The Morgan fingerprint density at radius 3 is 1.47 bits per heavy atom. The van der Waals surface area contributed by atoms with E-state index < -0.39 is 4.58 Å². The van der Waals surface area contributed by atoms with Crippen LogP contribution in [-0.4, -0.2) is 4.58 Å². The van der Waals surface area contributed by atoms with Crippen molar-refractivity contribution >= 4 is 15.9 Å². The molecule has 0 amide bonds. The van der Waals surface area contributed by atoms with Crippen molar-refractivity contribution in [1.82, 2.24) is 0 Å². The summed E-state index contributed by atoms with van der Waals surface area (Å²) in [4.78, 5) is 0. The molecule has 0 N–H and O–H groups in total. The number of halogens is 2. The summed E-state index contributed by atoms with van der Waals surface area (Å²) in [7, 11) is 0. The average molecular weight is 277 g/mol. The largest absolute Gasteiger partial charge is 0.231 e. The van der Waals surface area contributed by atoms with Crippen LogP contribution in [0.4, 0.5) is 4.39 Å². The van der Waals surface area contributed by atoms with Gasteiger partial charge in [0.15, 0.2) is 4.58 Å². The van der Waals surface area contributed by atoms with E-state index >= 15 is 0 Å². The van der Waals surface area contributed by atoms with Gasteiger partial charge in [-0.15, -0.1) is 0 Å². The van der Waals surface area contributed by atoms with E-state index in [4.69, 9.17) is 0 Å². The molecule has 2 fully saturated rings. The summed E-state index contributed by atoms with van der Waals surface area (Å²) in [6, 6.07) is 0. The van der Waals surface area contributed by atoms with E-state index in [0.29, 0.717) is 11.8 Å². The molecule has 88 valence electrons. The van der Waals surface area contributed by atoms with Gasteiger partial charge >= 0.3 is 0 Å². The molecule has 0 aliphatic heterocycles. The molecule has 2 unspecified atom stereocenters. The zero-order valence-electron chi connectivity index (χ0n) is 9.48. The highest BCUT2D eigenvalue weighted by Gasteiger charge is 2.63. The van der Waals surface area contributed by atoms with Crippen LogP contribution in [0.1, 0.15) is 64.2 Å². The molecule has 0 nitrogen and oxygen atoms in total. The van der Waals surface area contributed by atoms with E-state index in [-0.39, 0.29) is 0 Å². The maximum Gasteiger partial charge on any atom is 0.171 e. The van der Waals surface area contributed by atoms with E-state index in [1.165, 1.54) is 51.4 Å². The second-order valence-corrected chi connectivity index (χ2v) is 6.51. The first-order valence-electron chi connectivity index (χ1n) is 6.61. The van der Waals surface area contributed by atoms with E-state index in [2.05, 4.69) is 15.9 Å². The van der Waals surface area contributed by atoms with E-state index in [0.717, 1.165) is 12.8 Å². The first-order chi connectivity index (χ1) is 7.23. The van der Waals surface area contributed by atoms with Gasteiger partial charge in [-0.05, 0) is 28.8 Å². The highest BCUT2D eigenvalue weighted by Crippen LogP contribution is 2.62. The average Bonchev–Trinajstić information content (AvgIpc) is 2.67. The smallest absolute Gasteiger partial charge is 0.171 e. The summed E-state index contributed by atoms with van der Waals surface area (Å²) in [5.74, 6) is 0.661. The fraction of sp³-hybridized carbons (Fsp3) is 1.00. The normalized spacial score (nSPS) is 43.6. The third-order valence-electron chi connectivity index (χ3n) is 4.15. The van der Waals surface area contributed by atoms with Crippen LogP contribution in [-0.2, 0) is 0 Å². The summed E-state index contributed by atoms with van der Waals surface area (Å²) in [5.41, 5.74) is 0. The summed E-state index contributed by atoms with van der Waals surface area (Å²) >= 11 is 3.27. The minimum Gasteiger partial charge on any atom is -0.231 e. The molecule has 0 bridgehead atoms. The van der Waals surface area contributed by atoms with Crippen LogP contribution >= 0.6 is 15.9 Å². The van der Waals surface area contributed by atoms with Crippen molar-refractivity contribution in [2.45, 2.75) is 68.8 Å². The Morgan fingerprint density at radius 2 is 1.07 bits per heavy atom. The van der Waals surface area contributed by atoms with Crippen molar-refractivity contribution in [3.63, 3.8) is 0 Å². The minimum atomic E-state index is -0.985. The number of fused-ring (bicyclic) bond motifs is 1. The summed E-state index contributed by atoms with van der Waals surface area (Å²) in [5, 5.41) is 0. The van der Waals surface area contributed by atoms with E-state index in [1.807, 2.05) is 0 Å². The first kappa shape index (κ1) is 11.9. The van der Waals surface area contributed by atoms with Crippen molar-refractivity contribution in [2.75, 3.05) is 0 Å². The summed E-state index contributed by atoms with van der Waals surface area (Å²) in [6.45, 7) is 0. The molecule has 2 aliphatic carbocycles. The standard InChI is InChI=1S/C13H22BrF/c14-13(15)11-9-7-5-3-1-2-4-6-8-10-12(11)13/h11-12H,1-10H2. The topological polar surface area (TPSA) is 0 Å². The Morgan fingerprint density at radius 1 is 0.733 bits per heavy atom. The lowest BCUT2D eigenvalue weighted by Gasteiger charge is -2.04. The fourth-order valence-electron chi connectivity index (χ4n) is 3.04. The molecule has 0 saturated heterocycles. The SMILES string of the molecule is FC1(Br)C2CCCCCCCCCCC21. The summed E-state index contributed by atoms with van der Waals surface area (Å²) < 4.78 is 12.9. The van der Waals surface area contributed by atoms with Gasteiger partial charge in [-0.3, -0.25) is 0 Å². The lowest BCUT2D eigenvalue weighted by atomic mass is 10.0. The van der Waals surface area contributed by atoms with Gasteiger partial charge in [0.25, 0.3) is 0 Å². The quantitative estimate of drug-likeness (QED) is 0.533. The molecule has 2 atom stereocenters. The zero-order chi connectivity index (χ0) is 10.7. The molecule has 0 aromatic carbocycles. The molecule has 0 aromatic rings. The van der Waals surface area contributed by atoms with Gasteiger partial charge in [0.05, 0.1) is 0 Å². The lowest BCUT2D eigenvalue weighted by molar-refractivity contribution is 0.385. The van der Waals surface area contributed by atoms with Gasteiger partial charge in [-0.2, -0.15) is 0 Å². The van der Waals surface area contributed by atoms with Gasteiger partial charge in [0.1, 0.15) is 0 Å². The van der Waals surface area contributed by atoms with Crippen LogP contribution < -0.4 is 0 Å². The monoisotopic (exact) mass is 276 g/mol. The van der Waals surface area contributed by atoms with E-state index in [9.17, 15) is 4.39 Å². The fourth-order valence-corrected chi connectivity index (χ4v) is 4.00. The van der Waals surface area contributed by atoms with Crippen LogP contribution in [0, 0.1) is 11.8 Å². The van der Waals surface area contributed by atoms with Crippen molar-refractivity contribution < 1.29 is 4.39 Å². The zero-order valence-corrected chi connectivity index (χ0v) is 11.1. The van der Waals surface area contributed by atoms with E-state index in [1.54, 1.807) is 0 Å². The van der Waals surface area contributed by atoms with Crippen LogP contribution in [0.25, 0.3) is 0 Å². The van der Waals surface area contributed by atoms with Gasteiger partial charge in [0.2, 0.25) is 0 Å². The Kier molecular flexibility index (Phi) is 4.09. The second kappa shape index (κ2) is 5.16. The number of rotatable bonds is 0. The van der Waals surface area contributed by atoms with Crippen molar-refractivity contribution in [3.8, 4) is 0 Å². The third-order valence-corrected chi connectivity index (χ3v) is 5.32. The molecule has 2 saturated carbocycles.